The molecule has 1 aromatic heterocycles. The molecule has 1 N–H and O–H groups in total. The Kier molecular flexibility index (Phi) is 5.31. The van der Waals surface area contributed by atoms with E-state index in [0.717, 1.165) is 22.9 Å². The van der Waals surface area contributed by atoms with Crippen molar-refractivity contribution in [3.8, 4) is 0 Å². The number of nitrogens with one attached hydrogen (secondary N) is 1. The second kappa shape index (κ2) is 7.64. The number of hydrogen-bond donors (Lipinski definition) is 1. The van der Waals surface area contributed by atoms with E-state index in [1.165, 1.54) is 12.8 Å². The second-order valence-corrected chi connectivity index (χ2v) is 6.83. The second-order valence-electron chi connectivity index (χ2n) is 6.83. The summed E-state index contributed by atoms with van der Waals surface area (Å²) in [6, 6.07) is 12.0. The number of carbonyl (C=O) groups excluding carboxylic acids is 1. The zero-order chi connectivity index (χ0) is 17.8. The SMILES string of the molecule is CCC(=O)N[C@H](Cc1cc(N(C)C)nc(C2CC2)n1)c1ccccc1. The predicted molar refractivity (Wildman–Crippen MR) is 99.7 cm³/mol. The molecule has 5 nitrogen and oxygen atoms in total. The van der Waals surface area contributed by atoms with Crippen molar-refractivity contribution >= 4 is 11.7 Å². The molecule has 0 spiro atoms. The molecule has 0 aliphatic heterocycles. The van der Waals surface area contributed by atoms with Crippen LogP contribution in [-0.2, 0) is 11.2 Å². The van der Waals surface area contributed by atoms with Crippen LogP contribution in [0.3, 0.4) is 0 Å². The number of rotatable bonds is 7. The molecule has 3 rings (SSSR count). The Balaban J connectivity index is 1.89. The minimum absolute atomic E-state index is 0.0539. The molecule has 0 bridgehead atoms. The van der Waals surface area contributed by atoms with Gasteiger partial charge < -0.3 is 10.2 Å². The van der Waals surface area contributed by atoms with E-state index < -0.39 is 0 Å². The number of carbonyl (C=O) groups is 1. The van der Waals surface area contributed by atoms with E-state index in [1.54, 1.807) is 0 Å². The summed E-state index contributed by atoms with van der Waals surface area (Å²) in [7, 11) is 3.99. The monoisotopic (exact) mass is 338 g/mol. The van der Waals surface area contributed by atoms with Crippen LogP contribution in [0.2, 0.25) is 0 Å². The van der Waals surface area contributed by atoms with Crippen LogP contribution in [-0.4, -0.2) is 30.0 Å². The predicted octanol–water partition coefficient (Wildman–Crippen LogP) is 3.23. The maximum atomic E-state index is 12.0. The summed E-state index contributed by atoms with van der Waals surface area (Å²) in [4.78, 5) is 23.5. The molecule has 1 aliphatic carbocycles. The first-order valence-corrected chi connectivity index (χ1v) is 8.96. The van der Waals surface area contributed by atoms with E-state index in [2.05, 4.69) is 22.4 Å². The first-order valence-electron chi connectivity index (χ1n) is 8.96. The van der Waals surface area contributed by atoms with Gasteiger partial charge in [0, 0.05) is 44.6 Å². The van der Waals surface area contributed by atoms with Gasteiger partial charge in [-0.05, 0) is 18.4 Å². The molecular weight excluding hydrogens is 312 g/mol. The van der Waals surface area contributed by atoms with Gasteiger partial charge in [-0.2, -0.15) is 0 Å². The number of benzene rings is 1. The molecule has 1 heterocycles. The lowest BCUT2D eigenvalue weighted by molar-refractivity contribution is -0.121. The highest BCUT2D eigenvalue weighted by molar-refractivity contribution is 5.76. The van der Waals surface area contributed by atoms with E-state index in [4.69, 9.17) is 4.98 Å². The average Bonchev–Trinajstić information content (AvgIpc) is 3.46. The van der Waals surface area contributed by atoms with Crippen LogP contribution < -0.4 is 10.2 Å². The zero-order valence-electron chi connectivity index (χ0n) is 15.2. The Hall–Kier alpha value is -2.43. The van der Waals surface area contributed by atoms with Crippen LogP contribution in [0.25, 0.3) is 0 Å². The van der Waals surface area contributed by atoms with Gasteiger partial charge >= 0.3 is 0 Å². The van der Waals surface area contributed by atoms with Gasteiger partial charge in [0.2, 0.25) is 5.91 Å². The smallest absolute Gasteiger partial charge is 0.220 e. The largest absolute Gasteiger partial charge is 0.363 e. The van der Waals surface area contributed by atoms with Crippen LogP contribution in [0.15, 0.2) is 36.4 Å². The Morgan fingerprint density at radius 1 is 1.24 bits per heavy atom. The average molecular weight is 338 g/mol. The highest BCUT2D eigenvalue weighted by Crippen LogP contribution is 2.38. The van der Waals surface area contributed by atoms with Crippen molar-refractivity contribution in [2.45, 2.75) is 44.6 Å². The van der Waals surface area contributed by atoms with E-state index >= 15 is 0 Å². The van der Waals surface area contributed by atoms with E-state index in [0.29, 0.717) is 18.8 Å². The van der Waals surface area contributed by atoms with Gasteiger partial charge in [-0.15, -0.1) is 0 Å². The van der Waals surface area contributed by atoms with Crippen LogP contribution in [0.1, 0.15) is 55.2 Å². The minimum Gasteiger partial charge on any atom is -0.363 e. The standard InChI is InChI=1S/C20H26N4O/c1-4-19(25)22-17(14-8-6-5-7-9-14)12-16-13-18(24(2)3)23-20(21-16)15-10-11-15/h5-9,13,15,17H,4,10-12H2,1-3H3,(H,22,25)/t17-/m1/s1. The molecule has 1 saturated carbocycles. The van der Waals surface area contributed by atoms with Crippen molar-refractivity contribution < 1.29 is 4.79 Å². The fourth-order valence-corrected chi connectivity index (χ4v) is 2.80. The molecule has 1 atom stereocenters. The van der Waals surface area contributed by atoms with Crippen molar-refractivity contribution in [1.29, 1.82) is 0 Å². The summed E-state index contributed by atoms with van der Waals surface area (Å²) in [5.41, 5.74) is 2.08. The summed E-state index contributed by atoms with van der Waals surface area (Å²) < 4.78 is 0. The number of amides is 1. The first kappa shape index (κ1) is 17.4. The van der Waals surface area contributed by atoms with Crippen LogP contribution >= 0.6 is 0 Å². The number of aromatic nitrogens is 2. The fourth-order valence-electron chi connectivity index (χ4n) is 2.80. The van der Waals surface area contributed by atoms with Crippen molar-refractivity contribution in [3.05, 3.63) is 53.5 Å². The highest BCUT2D eigenvalue weighted by atomic mass is 16.1. The molecule has 5 heteroatoms. The lowest BCUT2D eigenvalue weighted by atomic mass is 10.0. The Morgan fingerprint density at radius 2 is 1.96 bits per heavy atom. The fraction of sp³-hybridized carbons (Fsp3) is 0.450. The third kappa shape index (κ3) is 4.56. The van der Waals surface area contributed by atoms with E-state index in [-0.39, 0.29) is 11.9 Å². The van der Waals surface area contributed by atoms with Gasteiger partial charge in [0.25, 0.3) is 0 Å². The lowest BCUT2D eigenvalue weighted by Crippen LogP contribution is -2.29. The summed E-state index contributed by atoms with van der Waals surface area (Å²) in [5.74, 6) is 2.42. The van der Waals surface area contributed by atoms with Gasteiger partial charge in [-0.25, -0.2) is 9.97 Å². The minimum atomic E-state index is -0.0781. The quantitative estimate of drug-likeness (QED) is 0.842. The number of anilines is 1. The van der Waals surface area contributed by atoms with Crippen molar-refractivity contribution in [2.75, 3.05) is 19.0 Å². The van der Waals surface area contributed by atoms with Gasteiger partial charge in [0.05, 0.1) is 6.04 Å². The lowest BCUT2D eigenvalue weighted by Gasteiger charge is -2.20. The van der Waals surface area contributed by atoms with Crippen LogP contribution in [0.4, 0.5) is 5.82 Å². The molecule has 0 saturated heterocycles. The molecule has 25 heavy (non-hydrogen) atoms. The van der Waals surface area contributed by atoms with Crippen molar-refractivity contribution in [2.24, 2.45) is 0 Å². The maximum absolute atomic E-state index is 12.0. The zero-order valence-corrected chi connectivity index (χ0v) is 15.2. The van der Waals surface area contributed by atoms with Gasteiger partial charge in [0.1, 0.15) is 11.6 Å². The number of nitrogens with zero attached hydrogens (tertiary/aromatic N) is 3. The first-order chi connectivity index (χ1) is 12.1. The van der Waals surface area contributed by atoms with E-state index in [1.807, 2.05) is 50.2 Å². The third-order valence-corrected chi connectivity index (χ3v) is 4.46. The highest BCUT2D eigenvalue weighted by Gasteiger charge is 2.28. The van der Waals surface area contributed by atoms with Gasteiger partial charge in [0.15, 0.2) is 0 Å². The van der Waals surface area contributed by atoms with Gasteiger partial charge in [-0.3, -0.25) is 4.79 Å². The van der Waals surface area contributed by atoms with Crippen molar-refractivity contribution in [1.82, 2.24) is 15.3 Å². The molecule has 0 unspecified atom stereocenters. The Morgan fingerprint density at radius 3 is 2.56 bits per heavy atom. The van der Waals surface area contributed by atoms with Crippen LogP contribution in [0.5, 0.6) is 0 Å². The molecule has 1 amide bonds. The van der Waals surface area contributed by atoms with Gasteiger partial charge in [-0.1, -0.05) is 37.3 Å². The molecule has 132 valence electrons. The molecule has 2 aromatic rings. The topological polar surface area (TPSA) is 58.1 Å². The summed E-state index contributed by atoms with van der Waals surface area (Å²) >= 11 is 0. The molecule has 1 aromatic carbocycles. The molecular formula is C20H26N4O. The maximum Gasteiger partial charge on any atom is 0.220 e. The number of hydrogen-bond acceptors (Lipinski definition) is 4. The van der Waals surface area contributed by atoms with Crippen molar-refractivity contribution in [3.63, 3.8) is 0 Å². The Labute approximate surface area is 149 Å². The van der Waals surface area contributed by atoms with Crippen LogP contribution in [0, 0.1) is 0 Å². The Bertz CT molecular complexity index is 705. The normalized spacial score (nSPS) is 14.8. The van der Waals surface area contributed by atoms with E-state index in [9.17, 15) is 4.79 Å². The summed E-state index contributed by atoms with van der Waals surface area (Å²) in [6.45, 7) is 1.87. The summed E-state index contributed by atoms with van der Waals surface area (Å²) in [6.07, 6.45) is 3.48. The molecule has 1 aliphatic rings. The summed E-state index contributed by atoms with van der Waals surface area (Å²) in [5, 5.41) is 3.13. The molecule has 0 radical (unpaired) electrons. The third-order valence-electron chi connectivity index (χ3n) is 4.46. The molecule has 1 fully saturated rings.